The van der Waals surface area contributed by atoms with Crippen LogP contribution in [0.15, 0.2) is 36.5 Å². The van der Waals surface area contributed by atoms with Gasteiger partial charge in [-0.25, -0.2) is 23.4 Å². The molecule has 0 aliphatic rings. The first-order valence-electron chi connectivity index (χ1n) is 9.82. The number of fused-ring (bicyclic) bond motifs is 1. The Labute approximate surface area is 176 Å². The highest BCUT2D eigenvalue weighted by Gasteiger charge is 2.13. The molecule has 0 saturated carbocycles. The van der Waals surface area contributed by atoms with Crippen molar-refractivity contribution in [1.29, 1.82) is 0 Å². The highest BCUT2D eigenvalue weighted by molar-refractivity contribution is 7.92. The van der Waals surface area contributed by atoms with Crippen molar-refractivity contribution in [3.8, 4) is 22.8 Å². The van der Waals surface area contributed by atoms with Crippen LogP contribution in [0, 0.1) is 0 Å². The van der Waals surface area contributed by atoms with E-state index in [1.54, 1.807) is 26.4 Å². The zero-order valence-electron chi connectivity index (χ0n) is 17.4. The van der Waals surface area contributed by atoms with Gasteiger partial charge in [0.1, 0.15) is 5.52 Å². The van der Waals surface area contributed by atoms with E-state index in [1.807, 2.05) is 18.2 Å². The molecule has 0 fully saturated rings. The molecule has 0 amide bonds. The van der Waals surface area contributed by atoms with Crippen LogP contribution in [-0.4, -0.2) is 43.3 Å². The summed E-state index contributed by atoms with van der Waals surface area (Å²) in [5.41, 5.74) is 2.41. The van der Waals surface area contributed by atoms with E-state index in [2.05, 4.69) is 26.6 Å². The molecule has 0 aliphatic carbocycles. The monoisotopic (exact) mass is 430 g/mol. The van der Waals surface area contributed by atoms with Crippen molar-refractivity contribution in [2.45, 2.75) is 32.6 Å². The average Bonchev–Trinajstić information content (AvgIpc) is 2.75. The summed E-state index contributed by atoms with van der Waals surface area (Å²) in [6.45, 7) is 2.08. The molecule has 3 rings (SSSR count). The standard InChI is InChI=1S/C21H26N4O4S/c1-4-5-6-7-12-30(26,27)25-20-14-22-17-10-9-16(23-21(17)24-20)15-8-11-18(28-2)19(13-15)29-3/h8-11,13-14H,4-7,12H2,1-3H3,(H,23,24,25). The summed E-state index contributed by atoms with van der Waals surface area (Å²) in [5.74, 6) is 1.44. The van der Waals surface area contributed by atoms with Crippen molar-refractivity contribution in [3.63, 3.8) is 0 Å². The molecule has 0 atom stereocenters. The first-order chi connectivity index (χ1) is 14.5. The fourth-order valence-electron chi connectivity index (χ4n) is 3.03. The summed E-state index contributed by atoms with van der Waals surface area (Å²) in [6.07, 6.45) is 4.98. The quantitative estimate of drug-likeness (QED) is 0.484. The maximum Gasteiger partial charge on any atom is 0.233 e. The van der Waals surface area contributed by atoms with Crippen molar-refractivity contribution >= 4 is 27.0 Å². The summed E-state index contributed by atoms with van der Waals surface area (Å²) in [7, 11) is -0.325. The number of benzene rings is 1. The lowest BCUT2D eigenvalue weighted by atomic mass is 10.1. The molecular formula is C21H26N4O4S. The van der Waals surface area contributed by atoms with Gasteiger partial charge in [-0.2, -0.15) is 0 Å². The van der Waals surface area contributed by atoms with Crippen LogP contribution in [0.3, 0.4) is 0 Å². The Bertz CT molecular complexity index is 1120. The minimum Gasteiger partial charge on any atom is -0.493 e. The fourth-order valence-corrected chi connectivity index (χ4v) is 4.14. The second-order valence-electron chi connectivity index (χ2n) is 6.85. The van der Waals surface area contributed by atoms with Crippen LogP contribution in [-0.2, 0) is 10.0 Å². The number of nitrogens with one attached hydrogen (secondary N) is 1. The van der Waals surface area contributed by atoms with Crippen molar-refractivity contribution < 1.29 is 17.9 Å². The number of ether oxygens (including phenoxy) is 2. The number of sulfonamides is 1. The van der Waals surface area contributed by atoms with Gasteiger partial charge in [-0.05, 0) is 36.8 Å². The van der Waals surface area contributed by atoms with Crippen molar-refractivity contribution in [2.24, 2.45) is 0 Å². The van der Waals surface area contributed by atoms with E-state index in [0.29, 0.717) is 34.8 Å². The van der Waals surface area contributed by atoms with Crippen LogP contribution >= 0.6 is 0 Å². The Morgan fingerprint density at radius 1 is 0.967 bits per heavy atom. The van der Waals surface area contributed by atoms with E-state index in [1.165, 1.54) is 6.20 Å². The maximum absolute atomic E-state index is 12.3. The Morgan fingerprint density at radius 3 is 2.50 bits per heavy atom. The number of rotatable bonds is 10. The van der Waals surface area contributed by atoms with Gasteiger partial charge in [-0.15, -0.1) is 0 Å². The fraction of sp³-hybridized carbons (Fsp3) is 0.381. The predicted molar refractivity (Wildman–Crippen MR) is 117 cm³/mol. The lowest BCUT2D eigenvalue weighted by molar-refractivity contribution is 0.355. The van der Waals surface area contributed by atoms with Crippen molar-refractivity contribution in [1.82, 2.24) is 15.0 Å². The van der Waals surface area contributed by atoms with Gasteiger partial charge in [0.15, 0.2) is 23.0 Å². The third-order valence-corrected chi connectivity index (χ3v) is 5.96. The molecule has 1 N–H and O–H groups in total. The molecule has 0 radical (unpaired) electrons. The zero-order chi connectivity index (χ0) is 21.6. The third kappa shape index (κ3) is 5.35. The normalized spacial score (nSPS) is 11.4. The Kier molecular flexibility index (Phi) is 7.04. The van der Waals surface area contributed by atoms with Gasteiger partial charge in [-0.1, -0.05) is 26.2 Å². The topological polar surface area (TPSA) is 103 Å². The molecular weight excluding hydrogens is 404 g/mol. The Balaban J connectivity index is 1.84. The smallest absolute Gasteiger partial charge is 0.233 e. The maximum atomic E-state index is 12.3. The van der Waals surface area contributed by atoms with Gasteiger partial charge in [0, 0.05) is 5.56 Å². The molecule has 0 saturated heterocycles. The van der Waals surface area contributed by atoms with Crippen LogP contribution in [0.5, 0.6) is 11.5 Å². The van der Waals surface area contributed by atoms with Gasteiger partial charge < -0.3 is 9.47 Å². The number of anilines is 1. The summed E-state index contributed by atoms with van der Waals surface area (Å²) >= 11 is 0. The minimum absolute atomic E-state index is 0.0613. The molecule has 2 heterocycles. The third-order valence-electron chi connectivity index (χ3n) is 4.61. The highest BCUT2D eigenvalue weighted by Crippen LogP contribution is 2.32. The van der Waals surface area contributed by atoms with E-state index in [4.69, 9.17) is 9.47 Å². The number of nitrogens with zero attached hydrogens (tertiary/aromatic N) is 3. The van der Waals surface area contributed by atoms with Gasteiger partial charge in [0.25, 0.3) is 0 Å². The van der Waals surface area contributed by atoms with Crippen molar-refractivity contribution in [2.75, 3.05) is 24.7 Å². The molecule has 0 spiro atoms. The number of hydrogen-bond acceptors (Lipinski definition) is 7. The highest BCUT2D eigenvalue weighted by atomic mass is 32.2. The number of unbranched alkanes of at least 4 members (excludes halogenated alkanes) is 3. The molecule has 0 aliphatic heterocycles. The molecule has 9 heteroatoms. The minimum atomic E-state index is -3.47. The van der Waals surface area contributed by atoms with E-state index < -0.39 is 10.0 Å². The number of methoxy groups -OCH3 is 2. The van der Waals surface area contributed by atoms with Crippen LogP contribution in [0.2, 0.25) is 0 Å². The number of aromatic nitrogens is 3. The van der Waals surface area contributed by atoms with Gasteiger partial charge >= 0.3 is 0 Å². The SMILES string of the molecule is CCCCCCS(=O)(=O)Nc1cnc2ccc(-c3ccc(OC)c(OC)c3)nc2n1. The summed E-state index contributed by atoms with van der Waals surface area (Å²) < 4.78 is 37.7. The van der Waals surface area contributed by atoms with E-state index >= 15 is 0 Å². The van der Waals surface area contributed by atoms with Crippen LogP contribution in [0.1, 0.15) is 32.6 Å². The molecule has 3 aromatic rings. The molecule has 1 aromatic carbocycles. The Morgan fingerprint density at radius 2 is 1.77 bits per heavy atom. The van der Waals surface area contributed by atoms with Crippen LogP contribution < -0.4 is 14.2 Å². The molecule has 0 bridgehead atoms. The lowest BCUT2D eigenvalue weighted by Crippen LogP contribution is -2.17. The summed E-state index contributed by atoms with van der Waals surface area (Å²) in [6, 6.07) is 9.12. The summed E-state index contributed by atoms with van der Waals surface area (Å²) in [4.78, 5) is 13.2. The van der Waals surface area contributed by atoms with E-state index in [-0.39, 0.29) is 11.6 Å². The number of hydrogen-bond donors (Lipinski definition) is 1. The second kappa shape index (κ2) is 9.71. The van der Waals surface area contributed by atoms with E-state index in [9.17, 15) is 8.42 Å². The first-order valence-corrected chi connectivity index (χ1v) is 11.5. The van der Waals surface area contributed by atoms with E-state index in [0.717, 1.165) is 24.8 Å². The average molecular weight is 431 g/mol. The lowest BCUT2D eigenvalue weighted by Gasteiger charge is -2.10. The molecule has 8 nitrogen and oxygen atoms in total. The Hall–Kier alpha value is -2.94. The molecule has 2 aromatic heterocycles. The number of pyridine rings is 1. The molecule has 30 heavy (non-hydrogen) atoms. The summed E-state index contributed by atoms with van der Waals surface area (Å²) in [5, 5.41) is 0. The van der Waals surface area contributed by atoms with Crippen LogP contribution in [0.25, 0.3) is 22.4 Å². The van der Waals surface area contributed by atoms with Crippen LogP contribution in [0.4, 0.5) is 5.82 Å². The largest absolute Gasteiger partial charge is 0.493 e. The molecule has 160 valence electrons. The molecule has 0 unspecified atom stereocenters. The van der Waals surface area contributed by atoms with Gasteiger partial charge in [-0.3, -0.25) is 4.72 Å². The second-order valence-corrected chi connectivity index (χ2v) is 8.69. The van der Waals surface area contributed by atoms with Gasteiger partial charge in [0.05, 0.1) is 31.9 Å². The predicted octanol–water partition coefficient (Wildman–Crippen LogP) is 4.03. The zero-order valence-corrected chi connectivity index (χ0v) is 18.2. The van der Waals surface area contributed by atoms with Crippen molar-refractivity contribution in [3.05, 3.63) is 36.5 Å². The van der Waals surface area contributed by atoms with Gasteiger partial charge in [0.2, 0.25) is 10.0 Å². The first kappa shape index (κ1) is 21.8.